The lowest BCUT2D eigenvalue weighted by Gasteiger charge is -2.40. The van der Waals surface area contributed by atoms with E-state index in [2.05, 4.69) is 17.1 Å². The third kappa shape index (κ3) is 2.26. The minimum absolute atomic E-state index is 0.0619. The van der Waals surface area contributed by atoms with Crippen LogP contribution in [0.4, 0.5) is 0 Å². The van der Waals surface area contributed by atoms with Crippen molar-refractivity contribution in [2.24, 2.45) is 13.0 Å². The molecule has 0 spiro atoms. The van der Waals surface area contributed by atoms with Crippen molar-refractivity contribution < 1.29 is 4.79 Å². The van der Waals surface area contributed by atoms with Crippen LogP contribution in [0.5, 0.6) is 0 Å². The molecule has 1 aromatic heterocycles. The van der Waals surface area contributed by atoms with Crippen molar-refractivity contribution in [2.45, 2.75) is 39.0 Å². The molecule has 5 nitrogen and oxygen atoms in total. The van der Waals surface area contributed by atoms with Crippen molar-refractivity contribution in [2.75, 3.05) is 13.1 Å². The Labute approximate surface area is 108 Å². The standard InChI is InChI=1S/C13H22N4O/c1-10(2)11(18)17-7-5-6-13(3,8-17)12-15-14-9-16(12)4/h9-10H,5-8H2,1-4H3/t13-/m1/s1. The van der Waals surface area contributed by atoms with Crippen LogP contribution < -0.4 is 0 Å². The molecule has 1 aliphatic rings. The van der Waals surface area contributed by atoms with Crippen LogP contribution in [-0.2, 0) is 17.3 Å². The van der Waals surface area contributed by atoms with Crippen LogP contribution in [0.2, 0.25) is 0 Å². The smallest absolute Gasteiger partial charge is 0.225 e. The molecule has 1 fully saturated rings. The van der Waals surface area contributed by atoms with Crippen molar-refractivity contribution in [3.63, 3.8) is 0 Å². The summed E-state index contributed by atoms with van der Waals surface area (Å²) in [7, 11) is 1.96. The Morgan fingerprint density at radius 1 is 1.50 bits per heavy atom. The molecule has 0 N–H and O–H groups in total. The molecule has 100 valence electrons. The number of aromatic nitrogens is 3. The summed E-state index contributed by atoms with van der Waals surface area (Å²) >= 11 is 0. The summed E-state index contributed by atoms with van der Waals surface area (Å²) < 4.78 is 1.96. The van der Waals surface area contributed by atoms with Gasteiger partial charge in [0.15, 0.2) is 0 Å². The Balaban J connectivity index is 2.20. The zero-order valence-corrected chi connectivity index (χ0v) is 11.7. The van der Waals surface area contributed by atoms with Gasteiger partial charge < -0.3 is 9.47 Å². The molecule has 5 heteroatoms. The number of likely N-dealkylation sites (tertiary alicyclic amines) is 1. The first kappa shape index (κ1) is 13.1. The number of piperidine rings is 1. The summed E-state index contributed by atoms with van der Waals surface area (Å²) in [6.07, 6.45) is 3.81. The Morgan fingerprint density at radius 2 is 2.22 bits per heavy atom. The average Bonchev–Trinajstić information content (AvgIpc) is 2.75. The zero-order chi connectivity index (χ0) is 13.3. The van der Waals surface area contributed by atoms with Gasteiger partial charge in [-0.3, -0.25) is 4.79 Å². The van der Waals surface area contributed by atoms with Crippen molar-refractivity contribution in [3.05, 3.63) is 12.2 Å². The molecule has 1 atom stereocenters. The van der Waals surface area contributed by atoms with Crippen LogP contribution in [0.15, 0.2) is 6.33 Å². The predicted molar refractivity (Wildman–Crippen MR) is 69.0 cm³/mol. The zero-order valence-electron chi connectivity index (χ0n) is 11.7. The maximum atomic E-state index is 12.1. The van der Waals surface area contributed by atoms with Crippen LogP contribution in [0.1, 0.15) is 39.4 Å². The summed E-state index contributed by atoms with van der Waals surface area (Å²) in [6, 6.07) is 0. The Hall–Kier alpha value is -1.39. The third-order valence-electron chi connectivity index (χ3n) is 3.75. The van der Waals surface area contributed by atoms with E-state index in [0.29, 0.717) is 0 Å². The summed E-state index contributed by atoms with van der Waals surface area (Å²) in [5.74, 6) is 1.28. The number of amides is 1. The van der Waals surface area contributed by atoms with Crippen LogP contribution in [0.3, 0.4) is 0 Å². The molecule has 18 heavy (non-hydrogen) atoms. The minimum atomic E-state index is -0.0753. The van der Waals surface area contributed by atoms with Crippen molar-refractivity contribution in [1.82, 2.24) is 19.7 Å². The lowest BCUT2D eigenvalue weighted by atomic mass is 9.80. The van der Waals surface area contributed by atoms with Gasteiger partial charge in [0.05, 0.1) is 0 Å². The molecule has 0 saturated carbocycles. The number of nitrogens with zero attached hydrogens (tertiary/aromatic N) is 4. The van der Waals surface area contributed by atoms with Gasteiger partial charge in [-0.2, -0.15) is 0 Å². The maximum absolute atomic E-state index is 12.1. The Morgan fingerprint density at radius 3 is 2.78 bits per heavy atom. The monoisotopic (exact) mass is 250 g/mol. The second-order valence-corrected chi connectivity index (χ2v) is 5.84. The van der Waals surface area contributed by atoms with Gasteiger partial charge in [-0.15, -0.1) is 10.2 Å². The van der Waals surface area contributed by atoms with Crippen LogP contribution in [-0.4, -0.2) is 38.7 Å². The maximum Gasteiger partial charge on any atom is 0.225 e. The van der Waals surface area contributed by atoms with E-state index in [1.54, 1.807) is 6.33 Å². The average molecular weight is 250 g/mol. The highest BCUT2D eigenvalue weighted by Crippen LogP contribution is 2.32. The third-order valence-corrected chi connectivity index (χ3v) is 3.75. The van der Waals surface area contributed by atoms with Gasteiger partial charge in [-0.05, 0) is 12.8 Å². The SMILES string of the molecule is CC(C)C(=O)N1CCC[C@@](C)(c2nncn2C)C1. The second kappa shape index (κ2) is 4.71. The normalized spacial score (nSPS) is 24.6. The quantitative estimate of drug-likeness (QED) is 0.796. The number of carbonyl (C=O) groups excluding carboxylic acids is 1. The minimum Gasteiger partial charge on any atom is -0.341 e. The van der Waals surface area contributed by atoms with Gasteiger partial charge in [0, 0.05) is 31.5 Å². The lowest BCUT2D eigenvalue weighted by molar-refractivity contribution is -0.136. The highest BCUT2D eigenvalue weighted by Gasteiger charge is 2.38. The highest BCUT2D eigenvalue weighted by molar-refractivity contribution is 5.78. The topological polar surface area (TPSA) is 51.0 Å². The molecule has 0 unspecified atom stereocenters. The molecule has 0 aliphatic carbocycles. The van der Waals surface area contributed by atoms with Gasteiger partial charge in [-0.25, -0.2) is 0 Å². The molecular formula is C13H22N4O. The molecule has 0 radical (unpaired) electrons. The molecular weight excluding hydrogens is 228 g/mol. The van der Waals surface area contributed by atoms with Crippen LogP contribution in [0, 0.1) is 5.92 Å². The first-order chi connectivity index (χ1) is 8.44. The lowest BCUT2D eigenvalue weighted by Crippen LogP contribution is -2.49. The molecule has 2 rings (SSSR count). The van der Waals surface area contributed by atoms with E-state index < -0.39 is 0 Å². The summed E-state index contributed by atoms with van der Waals surface area (Å²) in [4.78, 5) is 14.1. The van der Waals surface area contributed by atoms with E-state index in [9.17, 15) is 4.79 Å². The van der Waals surface area contributed by atoms with Gasteiger partial charge in [0.1, 0.15) is 12.2 Å². The summed E-state index contributed by atoms with van der Waals surface area (Å²) in [5.41, 5.74) is -0.0753. The van der Waals surface area contributed by atoms with E-state index in [4.69, 9.17) is 0 Å². The Kier molecular flexibility index (Phi) is 3.41. The van der Waals surface area contributed by atoms with Crippen LogP contribution >= 0.6 is 0 Å². The predicted octanol–water partition coefficient (Wildman–Crippen LogP) is 1.35. The fourth-order valence-electron chi connectivity index (χ4n) is 2.80. The largest absolute Gasteiger partial charge is 0.341 e. The van der Waals surface area contributed by atoms with Crippen molar-refractivity contribution >= 4 is 5.91 Å². The molecule has 0 bridgehead atoms. The molecule has 0 aromatic carbocycles. The van der Waals surface area contributed by atoms with Crippen molar-refractivity contribution in [3.8, 4) is 0 Å². The van der Waals surface area contributed by atoms with Gasteiger partial charge in [-0.1, -0.05) is 20.8 Å². The summed E-state index contributed by atoms with van der Waals surface area (Å²) in [6.45, 7) is 7.70. The molecule has 1 saturated heterocycles. The number of rotatable bonds is 2. The molecule has 1 aliphatic heterocycles. The number of hydrogen-bond acceptors (Lipinski definition) is 3. The van der Waals surface area contributed by atoms with E-state index in [1.807, 2.05) is 30.4 Å². The molecule has 1 aromatic rings. The number of aryl methyl sites for hydroxylation is 1. The molecule has 1 amide bonds. The fraction of sp³-hybridized carbons (Fsp3) is 0.769. The van der Waals surface area contributed by atoms with Gasteiger partial charge in [0.2, 0.25) is 5.91 Å². The van der Waals surface area contributed by atoms with Gasteiger partial charge >= 0.3 is 0 Å². The fourth-order valence-corrected chi connectivity index (χ4v) is 2.80. The van der Waals surface area contributed by atoms with Gasteiger partial charge in [0.25, 0.3) is 0 Å². The second-order valence-electron chi connectivity index (χ2n) is 5.84. The van der Waals surface area contributed by atoms with E-state index in [0.717, 1.165) is 31.8 Å². The highest BCUT2D eigenvalue weighted by atomic mass is 16.2. The Bertz CT molecular complexity index is 440. The van der Waals surface area contributed by atoms with Crippen molar-refractivity contribution in [1.29, 1.82) is 0 Å². The van der Waals surface area contributed by atoms with E-state index >= 15 is 0 Å². The molecule has 2 heterocycles. The van der Waals surface area contributed by atoms with E-state index in [1.165, 1.54) is 0 Å². The first-order valence-corrected chi connectivity index (χ1v) is 6.57. The van der Waals surface area contributed by atoms with Crippen LogP contribution in [0.25, 0.3) is 0 Å². The summed E-state index contributed by atoms with van der Waals surface area (Å²) in [5, 5.41) is 8.18. The number of carbonyl (C=O) groups is 1. The first-order valence-electron chi connectivity index (χ1n) is 6.57. The van der Waals surface area contributed by atoms with E-state index in [-0.39, 0.29) is 17.2 Å². The number of hydrogen-bond donors (Lipinski definition) is 0.